The summed E-state index contributed by atoms with van der Waals surface area (Å²) in [7, 11) is -0.906. The first-order chi connectivity index (χ1) is 12.8. The minimum atomic E-state index is -3.90. The van der Waals surface area contributed by atoms with Crippen molar-refractivity contribution in [3.8, 4) is 5.75 Å². The zero-order valence-corrected chi connectivity index (χ0v) is 15.8. The molecule has 142 valence electrons. The molecule has 3 aromatic rings. The maximum Gasteiger partial charge on any atom is 0.326 e. The van der Waals surface area contributed by atoms with E-state index in [-0.39, 0.29) is 15.8 Å². The largest absolute Gasteiger partial charge is 0.496 e. The van der Waals surface area contributed by atoms with E-state index in [0.717, 1.165) is 0 Å². The topological polar surface area (TPSA) is 112 Å². The van der Waals surface area contributed by atoms with E-state index < -0.39 is 27.3 Å². The number of benzene rings is 2. The monoisotopic (exact) mass is 389 g/mol. The average Bonchev–Trinajstić information content (AvgIpc) is 2.66. The third-order valence-electron chi connectivity index (χ3n) is 4.52. The standard InChI is InChI=1S/C18H19N3O5S/c1-11(13-6-4-5-7-16(13)26-3)21(2)27(24,25)12-8-9-15-14(10-12)17(22)20-18(23)19-15/h4-11H,1-3H3,(H2,19,20,22,23). The van der Waals surface area contributed by atoms with Gasteiger partial charge in [0.05, 0.1) is 29.0 Å². The second-order valence-corrected chi connectivity index (χ2v) is 8.05. The van der Waals surface area contributed by atoms with Crippen LogP contribution >= 0.6 is 0 Å². The molecule has 0 aliphatic carbocycles. The van der Waals surface area contributed by atoms with Crippen LogP contribution in [0, 0.1) is 0 Å². The molecule has 3 rings (SSSR count). The Balaban J connectivity index is 2.06. The smallest absolute Gasteiger partial charge is 0.326 e. The zero-order chi connectivity index (χ0) is 19.8. The van der Waals surface area contributed by atoms with E-state index in [2.05, 4.69) is 9.97 Å². The Morgan fingerprint density at radius 1 is 1.07 bits per heavy atom. The van der Waals surface area contributed by atoms with Crippen molar-refractivity contribution in [1.82, 2.24) is 14.3 Å². The lowest BCUT2D eigenvalue weighted by atomic mass is 10.1. The Hall–Kier alpha value is -2.91. The van der Waals surface area contributed by atoms with Crippen molar-refractivity contribution in [1.29, 1.82) is 0 Å². The van der Waals surface area contributed by atoms with Crippen LogP contribution in [0.4, 0.5) is 0 Å². The minimum absolute atomic E-state index is 0.0446. The second kappa shape index (κ2) is 7.01. The number of para-hydroxylation sites is 1. The molecule has 1 heterocycles. The first-order valence-corrected chi connectivity index (χ1v) is 9.57. The van der Waals surface area contributed by atoms with Crippen LogP contribution in [0.3, 0.4) is 0 Å². The van der Waals surface area contributed by atoms with E-state index in [1.807, 2.05) is 0 Å². The van der Waals surface area contributed by atoms with Gasteiger partial charge < -0.3 is 9.72 Å². The van der Waals surface area contributed by atoms with Gasteiger partial charge in [-0.1, -0.05) is 18.2 Å². The molecule has 0 bridgehead atoms. The molecule has 1 atom stereocenters. The van der Waals surface area contributed by atoms with E-state index >= 15 is 0 Å². The molecule has 0 fully saturated rings. The summed E-state index contributed by atoms with van der Waals surface area (Å²) >= 11 is 0. The fourth-order valence-corrected chi connectivity index (χ4v) is 4.26. The van der Waals surface area contributed by atoms with Crippen LogP contribution in [0.5, 0.6) is 5.75 Å². The molecule has 0 spiro atoms. The Morgan fingerprint density at radius 3 is 2.48 bits per heavy atom. The molecule has 0 amide bonds. The summed E-state index contributed by atoms with van der Waals surface area (Å²) < 4.78 is 32.7. The Kier molecular flexibility index (Phi) is 4.90. The maximum absolute atomic E-state index is 13.1. The molecule has 8 nitrogen and oxygen atoms in total. The van der Waals surface area contributed by atoms with Gasteiger partial charge in [0.25, 0.3) is 5.56 Å². The lowest BCUT2D eigenvalue weighted by molar-refractivity contribution is 0.367. The van der Waals surface area contributed by atoms with E-state index in [4.69, 9.17) is 4.74 Å². The van der Waals surface area contributed by atoms with Crippen LogP contribution in [0.15, 0.2) is 56.9 Å². The van der Waals surface area contributed by atoms with Gasteiger partial charge in [-0.2, -0.15) is 4.31 Å². The second-order valence-electron chi connectivity index (χ2n) is 6.05. The number of hydrogen-bond acceptors (Lipinski definition) is 5. The molecule has 27 heavy (non-hydrogen) atoms. The van der Waals surface area contributed by atoms with E-state index in [9.17, 15) is 18.0 Å². The first-order valence-electron chi connectivity index (χ1n) is 8.13. The number of hydrogen-bond donors (Lipinski definition) is 2. The number of rotatable bonds is 5. The average molecular weight is 389 g/mol. The van der Waals surface area contributed by atoms with E-state index in [1.54, 1.807) is 31.2 Å². The number of nitrogens with one attached hydrogen (secondary N) is 2. The molecule has 0 saturated carbocycles. The number of sulfonamides is 1. The predicted molar refractivity (Wildman–Crippen MR) is 102 cm³/mol. The van der Waals surface area contributed by atoms with Crippen molar-refractivity contribution in [2.24, 2.45) is 0 Å². The normalized spacial score (nSPS) is 13.0. The molecule has 0 aliphatic rings. The summed E-state index contributed by atoms with van der Waals surface area (Å²) in [5, 5.41) is 0.0917. The number of fused-ring (bicyclic) bond motifs is 1. The highest BCUT2D eigenvalue weighted by Gasteiger charge is 2.28. The van der Waals surface area contributed by atoms with Gasteiger partial charge in [-0.3, -0.25) is 9.78 Å². The highest BCUT2D eigenvalue weighted by atomic mass is 32.2. The lowest BCUT2D eigenvalue weighted by Gasteiger charge is -2.26. The Labute approximate surface area is 155 Å². The molecular formula is C18H19N3O5S. The summed E-state index contributed by atoms with van der Waals surface area (Å²) in [5.41, 5.74) is -0.312. The van der Waals surface area contributed by atoms with E-state index in [1.165, 1.54) is 36.7 Å². The summed E-state index contributed by atoms with van der Waals surface area (Å²) in [6, 6.07) is 10.7. The number of ether oxygens (including phenoxy) is 1. The molecule has 2 N–H and O–H groups in total. The fourth-order valence-electron chi connectivity index (χ4n) is 2.89. The number of aromatic amines is 2. The summed E-state index contributed by atoms with van der Waals surface area (Å²) in [4.78, 5) is 27.9. The molecular weight excluding hydrogens is 370 g/mol. The quantitative estimate of drug-likeness (QED) is 0.688. The SMILES string of the molecule is COc1ccccc1C(C)N(C)S(=O)(=O)c1ccc2[nH]c(=O)[nH]c(=O)c2c1. The van der Waals surface area contributed by atoms with Crippen molar-refractivity contribution >= 4 is 20.9 Å². The van der Waals surface area contributed by atoms with Gasteiger partial charge in [-0.05, 0) is 31.2 Å². The van der Waals surface area contributed by atoms with Crippen LogP contribution in [0.25, 0.3) is 10.9 Å². The molecule has 1 aromatic heterocycles. The van der Waals surface area contributed by atoms with Gasteiger partial charge in [0, 0.05) is 12.6 Å². The minimum Gasteiger partial charge on any atom is -0.496 e. The van der Waals surface area contributed by atoms with Crippen molar-refractivity contribution < 1.29 is 13.2 Å². The summed E-state index contributed by atoms with van der Waals surface area (Å²) in [5.74, 6) is 0.583. The highest BCUT2D eigenvalue weighted by molar-refractivity contribution is 7.89. The van der Waals surface area contributed by atoms with Crippen LogP contribution in [-0.2, 0) is 10.0 Å². The Morgan fingerprint density at radius 2 is 1.78 bits per heavy atom. The van der Waals surface area contributed by atoms with Gasteiger partial charge in [-0.25, -0.2) is 13.2 Å². The highest BCUT2D eigenvalue weighted by Crippen LogP contribution is 2.31. The van der Waals surface area contributed by atoms with E-state index in [0.29, 0.717) is 11.3 Å². The molecule has 0 radical (unpaired) electrons. The van der Waals surface area contributed by atoms with Gasteiger partial charge >= 0.3 is 5.69 Å². The van der Waals surface area contributed by atoms with Crippen molar-refractivity contribution in [2.45, 2.75) is 17.9 Å². The third-order valence-corrected chi connectivity index (χ3v) is 6.45. The predicted octanol–water partition coefficient (Wildman–Crippen LogP) is 1.61. The van der Waals surface area contributed by atoms with Crippen LogP contribution in [0.1, 0.15) is 18.5 Å². The fraction of sp³-hybridized carbons (Fsp3) is 0.222. The van der Waals surface area contributed by atoms with Crippen LogP contribution < -0.4 is 16.0 Å². The van der Waals surface area contributed by atoms with Gasteiger partial charge in [-0.15, -0.1) is 0 Å². The summed E-state index contributed by atoms with van der Waals surface area (Å²) in [6.45, 7) is 1.75. The maximum atomic E-state index is 13.1. The molecule has 1 unspecified atom stereocenters. The van der Waals surface area contributed by atoms with Gasteiger partial charge in [0.15, 0.2) is 0 Å². The lowest BCUT2D eigenvalue weighted by Crippen LogP contribution is -2.30. The van der Waals surface area contributed by atoms with Gasteiger partial charge in [0.1, 0.15) is 5.75 Å². The number of nitrogens with zero attached hydrogens (tertiary/aromatic N) is 1. The Bertz CT molecular complexity index is 1210. The first kappa shape index (κ1) is 18.9. The zero-order valence-electron chi connectivity index (χ0n) is 15.0. The number of H-pyrrole nitrogens is 2. The van der Waals surface area contributed by atoms with Gasteiger partial charge in [0.2, 0.25) is 10.0 Å². The third kappa shape index (κ3) is 3.38. The molecule has 2 aromatic carbocycles. The van der Waals surface area contributed by atoms with Crippen molar-refractivity contribution in [3.05, 3.63) is 68.9 Å². The van der Waals surface area contributed by atoms with Crippen molar-refractivity contribution in [2.75, 3.05) is 14.2 Å². The number of aromatic nitrogens is 2. The number of methoxy groups -OCH3 is 1. The summed E-state index contributed by atoms with van der Waals surface area (Å²) in [6.07, 6.45) is 0. The van der Waals surface area contributed by atoms with Crippen LogP contribution in [0.2, 0.25) is 0 Å². The van der Waals surface area contributed by atoms with Crippen LogP contribution in [-0.4, -0.2) is 36.8 Å². The molecule has 0 aliphatic heterocycles. The van der Waals surface area contributed by atoms with Crippen molar-refractivity contribution in [3.63, 3.8) is 0 Å². The molecule has 0 saturated heterocycles. The molecule has 9 heteroatoms.